The second-order valence-corrected chi connectivity index (χ2v) is 8.03. The molecule has 0 amide bonds. The Morgan fingerprint density at radius 3 is 2.57 bits per heavy atom. The molecule has 3 aromatic rings. The Hall–Kier alpha value is -3.00. The van der Waals surface area contributed by atoms with Crippen LogP contribution in [0.25, 0.3) is 10.2 Å². The van der Waals surface area contributed by atoms with Gasteiger partial charge in [-0.05, 0) is 38.8 Å². The summed E-state index contributed by atoms with van der Waals surface area (Å²) in [6, 6.07) is 9.31. The zero-order chi connectivity index (χ0) is 21.7. The highest BCUT2D eigenvalue weighted by Crippen LogP contribution is 2.35. The summed E-state index contributed by atoms with van der Waals surface area (Å²) in [6.07, 6.45) is 1.40. The maximum Gasteiger partial charge on any atom is 0.348 e. The number of nitrogens with zero attached hydrogens (tertiary/aromatic N) is 2. The third kappa shape index (κ3) is 4.94. The van der Waals surface area contributed by atoms with Gasteiger partial charge >= 0.3 is 11.9 Å². The third-order valence-corrected chi connectivity index (χ3v) is 5.62. The molecule has 0 aliphatic carbocycles. The van der Waals surface area contributed by atoms with Crippen LogP contribution >= 0.6 is 11.3 Å². The predicted octanol–water partition coefficient (Wildman–Crippen LogP) is 4.67. The molecule has 30 heavy (non-hydrogen) atoms. The molecule has 0 unspecified atom stereocenters. The molecule has 0 saturated heterocycles. The van der Waals surface area contributed by atoms with Gasteiger partial charge in [0.05, 0.1) is 30.6 Å². The minimum atomic E-state index is -0.371. The van der Waals surface area contributed by atoms with Crippen LogP contribution in [0.4, 0.5) is 5.82 Å². The van der Waals surface area contributed by atoms with Crippen molar-refractivity contribution in [3.05, 3.63) is 52.7 Å². The molecule has 1 atom stereocenters. The van der Waals surface area contributed by atoms with Crippen LogP contribution in [0.1, 0.15) is 54.0 Å². The van der Waals surface area contributed by atoms with Gasteiger partial charge in [-0.25, -0.2) is 14.8 Å². The number of carbonyl (C=O) groups excluding carboxylic acids is 2. The molecule has 8 heteroatoms. The molecular weight excluding hydrogens is 402 g/mol. The van der Waals surface area contributed by atoms with Gasteiger partial charge in [-0.1, -0.05) is 30.3 Å². The topological polar surface area (TPSA) is 90.4 Å². The maximum absolute atomic E-state index is 12.4. The Morgan fingerprint density at radius 2 is 1.90 bits per heavy atom. The second-order valence-electron chi connectivity index (χ2n) is 7.03. The van der Waals surface area contributed by atoms with Crippen LogP contribution < -0.4 is 5.32 Å². The largest absolute Gasteiger partial charge is 0.463 e. The summed E-state index contributed by atoms with van der Waals surface area (Å²) >= 11 is 1.27. The zero-order valence-corrected chi connectivity index (χ0v) is 18.3. The van der Waals surface area contributed by atoms with Gasteiger partial charge in [-0.2, -0.15) is 0 Å². The van der Waals surface area contributed by atoms with Crippen LogP contribution in [0.15, 0.2) is 36.7 Å². The van der Waals surface area contributed by atoms with Crippen LogP contribution in [0.5, 0.6) is 0 Å². The highest BCUT2D eigenvalue weighted by molar-refractivity contribution is 7.20. The van der Waals surface area contributed by atoms with E-state index in [9.17, 15) is 9.59 Å². The quantitative estimate of drug-likeness (QED) is 0.522. The van der Waals surface area contributed by atoms with E-state index in [-0.39, 0.29) is 30.5 Å². The fourth-order valence-corrected chi connectivity index (χ4v) is 4.20. The molecule has 0 aliphatic heterocycles. The standard InChI is InChI=1S/C22H25N3O4S/c1-5-28-22(27)19-14(4)18-20(23-12-24-21(18)30-19)25-16(11-17(26)29-13(2)3)15-9-7-6-8-10-15/h6-10,12-13,16H,5,11H2,1-4H3,(H,23,24,25)/t16-/m0/s1. The summed E-state index contributed by atoms with van der Waals surface area (Å²) in [4.78, 5) is 34.6. The first-order valence-electron chi connectivity index (χ1n) is 9.82. The summed E-state index contributed by atoms with van der Waals surface area (Å²) < 4.78 is 10.5. The van der Waals surface area contributed by atoms with E-state index < -0.39 is 0 Å². The van der Waals surface area contributed by atoms with Crippen molar-refractivity contribution in [1.82, 2.24) is 9.97 Å². The Morgan fingerprint density at radius 1 is 1.17 bits per heavy atom. The summed E-state index contributed by atoms with van der Waals surface area (Å²) in [5, 5.41) is 4.12. The normalized spacial score (nSPS) is 12.0. The number of hydrogen-bond donors (Lipinski definition) is 1. The molecule has 3 rings (SSSR count). The number of nitrogens with one attached hydrogen (secondary N) is 1. The number of aryl methyl sites for hydroxylation is 1. The number of hydrogen-bond acceptors (Lipinski definition) is 8. The number of rotatable bonds is 8. The van der Waals surface area contributed by atoms with Gasteiger partial charge in [0.1, 0.15) is 21.9 Å². The van der Waals surface area contributed by atoms with E-state index >= 15 is 0 Å². The van der Waals surface area contributed by atoms with Crippen molar-refractivity contribution in [3.63, 3.8) is 0 Å². The average molecular weight is 428 g/mol. The lowest BCUT2D eigenvalue weighted by Gasteiger charge is -2.20. The number of esters is 2. The third-order valence-electron chi connectivity index (χ3n) is 4.44. The lowest BCUT2D eigenvalue weighted by molar-refractivity contribution is -0.147. The molecule has 0 aliphatic rings. The van der Waals surface area contributed by atoms with Gasteiger partial charge in [0.2, 0.25) is 0 Å². The Balaban J connectivity index is 1.97. The van der Waals surface area contributed by atoms with E-state index in [0.29, 0.717) is 22.1 Å². The fourth-order valence-electron chi connectivity index (χ4n) is 3.15. The van der Waals surface area contributed by atoms with Crippen molar-refractivity contribution in [1.29, 1.82) is 0 Å². The fraction of sp³-hybridized carbons (Fsp3) is 0.364. The van der Waals surface area contributed by atoms with E-state index in [4.69, 9.17) is 9.47 Å². The summed E-state index contributed by atoms with van der Waals surface area (Å²) in [5.74, 6) is -0.106. The Labute approximate surface area is 179 Å². The first-order chi connectivity index (χ1) is 14.4. The van der Waals surface area contributed by atoms with Crippen molar-refractivity contribution in [2.24, 2.45) is 0 Å². The van der Waals surface area contributed by atoms with Gasteiger partial charge in [0.25, 0.3) is 0 Å². The number of carbonyl (C=O) groups is 2. The van der Waals surface area contributed by atoms with E-state index in [1.54, 1.807) is 6.92 Å². The highest BCUT2D eigenvalue weighted by atomic mass is 32.1. The smallest absolute Gasteiger partial charge is 0.348 e. The van der Waals surface area contributed by atoms with Crippen LogP contribution in [-0.2, 0) is 14.3 Å². The van der Waals surface area contributed by atoms with Gasteiger partial charge in [0.15, 0.2) is 0 Å². The molecule has 0 fully saturated rings. The average Bonchev–Trinajstić information content (AvgIpc) is 3.05. The van der Waals surface area contributed by atoms with E-state index in [0.717, 1.165) is 16.5 Å². The Kier molecular flexibility index (Phi) is 6.99. The molecular formula is C22H25N3O4S. The molecule has 0 spiro atoms. The van der Waals surface area contributed by atoms with Gasteiger partial charge in [0, 0.05) is 0 Å². The molecule has 0 radical (unpaired) electrons. The predicted molar refractivity (Wildman–Crippen MR) is 117 cm³/mol. The maximum atomic E-state index is 12.4. The van der Waals surface area contributed by atoms with Gasteiger partial charge < -0.3 is 14.8 Å². The minimum absolute atomic E-state index is 0.140. The monoisotopic (exact) mass is 427 g/mol. The van der Waals surface area contributed by atoms with Crippen LogP contribution in [0, 0.1) is 6.92 Å². The van der Waals surface area contributed by atoms with Crippen molar-refractivity contribution >= 4 is 39.3 Å². The lowest BCUT2D eigenvalue weighted by atomic mass is 10.0. The molecule has 0 bridgehead atoms. The Bertz CT molecular complexity index is 1030. The van der Waals surface area contributed by atoms with Crippen molar-refractivity contribution in [2.75, 3.05) is 11.9 Å². The summed E-state index contributed by atoms with van der Waals surface area (Å²) in [5.41, 5.74) is 1.69. The molecule has 2 aromatic heterocycles. The molecule has 1 N–H and O–H groups in total. The van der Waals surface area contributed by atoms with Crippen molar-refractivity contribution in [2.45, 2.75) is 46.3 Å². The molecule has 0 saturated carbocycles. The first-order valence-corrected chi connectivity index (χ1v) is 10.6. The second kappa shape index (κ2) is 9.67. The number of benzene rings is 1. The van der Waals surface area contributed by atoms with Crippen molar-refractivity contribution in [3.8, 4) is 0 Å². The number of anilines is 1. The molecule has 2 heterocycles. The molecule has 1 aromatic carbocycles. The van der Waals surface area contributed by atoms with Gasteiger partial charge in [-0.15, -0.1) is 11.3 Å². The highest BCUT2D eigenvalue weighted by Gasteiger charge is 2.23. The summed E-state index contributed by atoms with van der Waals surface area (Å²) in [6.45, 7) is 7.57. The zero-order valence-electron chi connectivity index (χ0n) is 17.5. The van der Waals surface area contributed by atoms with E-state index in [2.05, 4.69) is 15.3 Å². The van der Waals surface area contributed by atoms with E-state index in [1.807, 2.05) is 51.1 Å². The summed E-state index contributed by atoms with van der Waals surface area (Å²) in [7, 11) is 0. The number of ether oxygens (including phenoxy) is 2. The SMILES string of the molecule is CCOC(=O)c1sc2ncnc(N[C@@H](CC(=O)OC(C)C)c3ccccc3)c2c1C. The number of fused-ring (bicyclic) bond motifs is 1. The minimum Gasteiger partial charge on any atom is -0.463 e. The van der Waals surface area contributed by atoms with Crippen LogP contribution in [0.2, 0.25) is 0 Å². The van der Waals surface area contributed by atoms with Crippen molar-refractivity contribution < 1.29 is 19.1 Å². The number of aromatic nitrogens is 2. The van der Waals surface area contributed by atoms with E-state index in [1.165, 1.54) is 17.7 Å². The lowest BCUT2D eigenvalue weighted by Crippen LogP contribution is -2.20. The van der Waals surface area contributed by atoms with Gasteiger partial charge in [-0.3, -0.25) is 4.79 Å². The first kappa shape index (κ1) is 21.7. The molecule has 7 nitrogen and oxygen atoms in total. The number of thiophene rings is 1. The van der Waals surface area contributed by atoms with Crippen LogP contribution in [-0.4, -0.2) is 34.6 Å². The molecule has 158 valence electrons. The van der Waals surface area contributed by atoms with Crippen LogP contribution in [0.3, 0.4) is 0 Å².